The highest BCUT2D eigenvalue weighted by molar-refractivity contribution is 6.16. The Labute approximate surface area is 200 Å². The topological polar surface area (TPSA) is 43.1 Å². The standard InChI is InChI=1S/C31H18N4/c1-2-6-18-17(5-1)15-24-19(18)9-10-20-21-11-12-22-23-7-3-13-32-29(23)35-30-27(8-4-14-33-30)34-31(35)28(22)26(21)16-25(20)24/h1-14H,15-16H2. The molecule has 0 fully saturated rings. The van der Waals surface area contributed by atoms with Crippen LogP contribution in [0.15, 0.2) is 85.2 Å². The van der Waals surface area contributed by atoms with E-state index in [9.17, 15) is 0 Å². The van der Waals surface area contributed by atoms with Crippen LogP contribution in [0, 0.1) is 0 Å². The maximum absolute atomic E-state index is 5.10. The second kappa shape index (κ2) is 6.10. The van der Waals surface area contributed by atoms with Crippen LogP contribution in [0.3, 0.4) is 0 Å². The van der Waals surface area contributed by atoms with Gasteiger partial charge in [0.05, 0.1) is 0 Å². The number of benzene rings is 3. The van der Waals surface area contributed by atoms with E-state index in [0.717, 1.165) is 40.7 Å². The van der Waals surface area contributed by atoms with Gasteiger partial charge in [-0.05, 0) is 87.0 Å². The van der Waals surface area contributed by atoms with Gasteiger partial charge in [-0.3, -0.25) is 4.40 Å². The van der Waals surface area contributed by atoms with Gasteiger partial charge in [0.15, 0.2) is 5.65 Å². The Hall–Kier alpha value is -4.57. The molecule has 0 saturated carbocycles. The Kier molecular flexibility index (Phi) is 3.11. The zero-order valence-corrected chi connectivity index (χ0v) is 18.8. The highest BCUT2D eigenvalue weighted by atomic mass is 15.1. The first-order valence-corrected chi connectivity index (χ1v) is 12.1. The second-order valence-corrected chi connectivity index (χ2v) is 9.63. The van der Waals surface area contributed by atoms with Gasteiger partial charge in [0.1, 0.15) is 16.8 Å². The maximum Gasteiger partial charge on any atom is 0.166 e. The van der Waals surface area contributed by atoms with Gasteiger partial charge in [-0.1, -0.05) is 48.5 Å². The normalized spacial score (nSPS) is 13.5. The van der Waals surface area contributed by atoms with Crippen LogP contribution in [-0.4, -0.2) is 19.4 Å². The molecule has 2 aliphatic carbocycles. The zero-order chi connectivity index (χ0) is 22.7. The third-order valence-corrected chi connectivity index (χ3v) is 7.99. The lowest BCUT2D eigenvalue weighted by molar-refractivity contribution is 1.16. The zero-order valence-electron chi connectivity index (χ0n) is 18.8. The van der Waals surface area contributed by atoms with Crippen LogP contribution in [0.25, 0.3) is 60.9 Å². The van der Waals surface area contributed by atoms with Crippen molar-refractivity contribution >= 4 is 38.6 Å². The Morgan fingerprint density at radius 3 is 2.23 bits per heavy atom. The molecule has 4 heterocycles. The Morgan fingerprint density at radius 1 is 0.543 bits per heavy atom. The Balaban J connectivity index is 1.41. The minimum atomic E-state index is 0.859. The summed E-state index contributed by atoms with van der Waals surface area (Å²) in [5, 5.41) is 3.57. The number of rotatable bonds is 0. The second-order valence-electron chi connectivity index (χ2n) is 9.63. The van der Waals surface area contributed by atoms with Crippen molar-refractivity contribution in [3.8, 4) is 22.3 Å². The summed E-state index contributed by atoms with van der Waals surface area (Å²) in [5.41, 5.74) is 14.9. The van der Waals surface area contributed by atoms with Gasteiger partial charge in [0, 0.05) is 23.2 Å². The van der Waals surface area contributed by atoms with Gasteiger partial charge in [0.25, 0.3) is 0 Å². The van der Waals surface area contributed by atoms with Gasteiger partial charge in [-0.15, -0.1) is 0 Å². The lowest BCUT2D eigenvalue weighted by Crippen LogP contribution is -1.97. The lowest BCUT2D eigenvalue weighted by atomic mass is 9.96. The van der Waals surface area contributed by atoms with Gasteiger partial charge in [-0.25, -0.2) is 15.0 Å². The van der Waals surface area contributed by atoms with E-state index in [0.29, 0.717) is 0 Å². The van der Waals surface area contributed by atoms with Gasteiger partial charge < -0.3 is 0 Å². The lowest BCUT2D eigenvalue weighted by Gasteiger charge is -2.11. The van der Waals surface area contributed by atoms with Crippen molar-refractivity contribution in [3.05, 3.63) is 107 Å². The molecule has 0 atom stereocenters. The minimum Gasteiger partial charge on any atom is -0.260 e. The predicted octanol–water partition coefficient (Wildman–Crippen LogP) is 6.73. The molecular formula is C31H18N4. The molecule has 162 valence electrons. The van der Waals surface area contributed by atoms with E-state index in [-0.39, 0.29) is 0 Å². The van der Waals surface area contributed by atoms with Crippen LogP contribution in [0.2, 0.25) is 0 Å². The van der Waals surface area contributed by atoms with Crippen LogP contribution in [-0.2, 0) is 12.8 Å². The fourth-order valence-corrected chi connectivity index (χ4v) is 6.54. The largest absolute Gasteiger partial charge is 0.260 e. The number of hydrogen-bond donors (Lipinski definition) is 0. The molecular weight excluding hydrogens is 428 g/mol. The van der Waals surface area contributed by atoms with Crippen molar-refractivity contribution in [2.45, 2.75) is 12.8 Å². The molecule has 0 spiro atoms. The van der Waals surface area contributed by atoms with Crippen LogP contribution < -0.4 is 0 Å². The summed E-state index contributed by atoms with van der Waals surface area (Å²) in [7, 11) is 0. The van der Waals surface area contributed by atoms with Crippen molar-refractivity contribution in [1.82, 2.24) is 19.4 Å². The van der Waals surface area contributed by atoms with Gasteiger partial charge >= 0.3 is 0 Å². The van der Waals surface area contributed by atoms with Gasteiger partial charge in [-0.2, -0.15) is 0 Å². The van der Waals surface area contributed by atoms with Crippen LogP contribution in [0.4, 0.5) is 0 Å². The summed E-state index contributed by atoms with van der Waals surface area (Å²) in [4.78, 5) is 14.6. The van der Waals surface area contributed by atoms with Crippen molar-refractivity contribution in [2.24, 2.45) is 0 Å². The number of fused-ring (bicyclic) bond motifs is 16. The summed E-state index contributed by atoms with van der Waals surface area (Å²) in [6.45, 7) is 0. The van der Waals surface area contributed by atoms with E-state index in [1.807, 2.05) is 30.6 Å². The maximum atomic E-state index is 5.10. The van der Waals surface area contributed by atoms with Crippen LogP contribution in [0.5, 0.6) is 0 Å². The molecule has 0 radical (unpaired) electrons. The van der Waals surface area contributed by atoms with Gasteiger partial charge in [0.2, 0.25) is 0 Å². The Morgan fingerprint density at radius 2 is 1.29 bits per heavy atom. The first-order chi connectivity index (χ1) is 17.4. The van der Waals surface area contributed by atoms with E-state index in [1.165, 1.54) is 55.3 Å². The number of nitrogens with zero attached hydrogens (tertiary/aromatic N) is 4. The third kappa shape index (κ3) is 2.11. The molecule has 0 saturated heterocycles. The summed E-state index contributed by atoms with van der Waals surface area (Å²) >= 11 is 0. The molecule has 4 nitrogen and oxygen atoms in total. The van der Waals surface area contributed by atoms with Crippen LogP contribution in [0.1, 0.15) is 22.3 Å². The number of pyridine rings is 3. The molecule has 7 aromatic rings. The first kappa shape index (κ1) is 17.8. The molecule has 3 aromatic carbocycles. The van der Waals surface area contributed by atoms with Crippen molar-refractivity contribution in [3.63, 3.8) is 0 Å². The fraction of sp³-hybridized carbons (Fsp3) is 0.0645. The van der Waals surface area contributed by atoms with E-state index in [4.69, 9.17) is 9.97 Å². The van der Waals surface area contributed by atoms with E-state index < -0.39 is 0 Å². The summed E-state index contributed by atoms with van der Waals surface area (Å²) < 4.78 is 2.15. The molecule has 2 aliphatic rings. The average Bonchev–Trinajstić information content (AvgIpc) is 3.59. The number of imidazole rings is 1. The monoisotopic (exact) mass is 446 g/mol. The third-order valence-electron chi connectivity index (χ3n) is 7.99. The van der Waals surface area contributed by atoms with E-state index in [2.05, 4.69) is 64.0 Å². The molecule has 4 heteroatoms. The van der Waals surface area contributed by atoms with Crippen molar-refractivity contribution < 1.29 is 0 Å². The van der Waals surface area contributed by atoms with Crippen molar-refractivity contribution in [2.75, 3.05) is 0 Å². The molecule has 35 heavy (non-hydrogen) atoms. The summed E-state index contributed by atoms with van der Waals surface area (Å²) in [6, 6.07) is 26.2. The van der Waals surface area contributed by atoms with Crippen molar-refractivity contribution in [1.29, 1.82) is 0 Å². The fourth-order valence-electron chi connectivity index (χ4n) is 6.54. The Bertz CT molecular complexity index is 2070. The molecule has 9 rings (SSSR count). The molecule has 0 N–H and O–H groups in total. The highest BCUT2D eigenvalue weighted by Gasteiger charge is 2.30. The van der Waals surface area contributed by atoms with E-state index in [1.54, 1.807) is 0 Å². The SMILES string of the molecule is c1ccc2c(c1)Cc1c-2ccc2c1Cc1c-2ccc2c3cccnc3n3c4ncccc4nc3c12. The molecule has 0 bridgehead atoms. The quantitative estimate of drug-likeness (QED) is 0.243. The predicted molar refractivity (Wildman–Crippen MR) is 140 cm³/mol. The molecule has 0 unspecified atom stereocenters. The average molecular weight is 447 g/mol. The number of aromatic nitrogens is 4. The number of hydrogen-bond acceptors (Lipinski definition) is 3. The van der Waals surface area contributed by atoms with Crippen LogP contribution >= 0.6 is 0 Å². The van der Waals surface area contributed by atoms with E-state index >= 15 is 0 Å². The smallest absolute Gasteiger partial charge is 0.166 e. The summed E-state index contributed by atoms with van der Waals surface area (Å²) in [5.74, 6) is 0. The molecule has 0 amide bonds. The minimum absolute atomic E-state index is 0.859. The first-order valence-electron chi connectivity index (χ1n) is 12.1. The molecule has 4 aromatic heterocycles. The summed E-state index contributed by atoms with van der Waals surface area (Å²) in [6.07, 6.45) is 5.63. The highest BCUT2D eigenvalue weighted by Crippen LogP contribution is 2.49. The molecule has 0 aliphatic heterocycles.